The zero-order valence-electron chi connectivity index (χ0n) is 19.7. The fraction of sp³-hybridized carbons (Fsp3) is 0.440. The van der Waals surface area contributed by atoms with Gasteiger partial charge in [-0.3, -0.25) is 14.5 Å². The summed E-state index contributed by atoms with van der Waals surface area (Å²) in [6.45, 7) is 4.01. The number of nitrogens with zero attached hydrogens (tertiary/aromatic N) is 6. The lowest BCUT2D eigenvalue weighted by atomic mass is 10.1. The molecule has 4 heterocycles. The highest BCUT2D eigenvalue weighted by Crippen LogP contribution is 2.33. The summed E-state index contributed by atoms with van der Waals surface area (Å²) in [6.07, 6.45) is 3.64. The molecule has 10 heteroatoms. The Balaban J connectivity index is 1.55. The average molecular weight is 485 g/mol. The topological polar surface area (TPSA) is 68.3 Å². The van der Waals surface area contributed by atoms with Gasteiger partial charge in [-0.05, 0) is 49.8 Å². The highest BCUT2D eigenvalue weighted by Gasteiger charge is 2.31. The zero-order valence-corrected chi connectivity index (χ0v) is 19.7. The van der Waals surface area contributed by atoms with Crippen molar-refractivity contribution in [3.63, 3.8) is 0 Å². The highest BCUT2D eigenvalue weighted by atomic mass is 19.4. The van der Waals surface area contributed by atoms with Crippen LogP contribution in [0.5, 0.6) is 0 Å². The largest absolute Gasteiger partial charge is 0.408 e. The van der Waals surface area contributed by atoms with E-state index >= 15 is 0 Å². The summed E-state index contributed by atoms with van der Waals surface area (Å²) in [5, 5.41) is 9.03. The molecular weight excluding hydrogens is 457 g/mol. The van der Waals surface area contributed by atoms with Crippen LogP contribution in [-0.4, -0.2) is 54.5 Å². The predicted octanol–water partition coefficient (Wildman–Crippen LogP) is 5.21. The van der Waals surface area contributed by atoms with E-state index in [0.29, 0.717) is 47.1 Å². The van der Waals surface area contributed by atoms with Crippen molar-refractivity contribution < 1.29 is 18.0 Å². The van der Waals surface area contributed by atoms with Crippen LogP contribution in [0.25, 0.3) is 27.7 Å². The Morgan fingerprint density at radius 1 is 1.20 bits per heavy atom. The fourth-order valence-electron chi connectivity index (χ4n) is 5.11. The minimum atomic E-state index is -4.47. The average Bonchev–Trinajstić information content (AvgIpc) is 3.53. The second-order valence-corrected chi connectivity index (χ2v) is 9.42. The first-order chi connectivity index (χ1) is 16.7. The summed E-state index contributed by atoms with van der Waals surface area (Å²) in [4.78, 5) is 19.4. The molecule has 184 valence electrons. The van der Waals surface area contributed by atoms with Crippen LogP contribution < -0.4 is 0 Å². The minimum absolute atomic E-state index is 0.125. The molecule has 1 aliphatic carbocycles. The summed E-state index contributed by atoms with van der Waals surface area (Å²) < 4.78 is 42.8. The van der Waals surface area contributed by atoms with Crippen molar-refractivity contribution in [2.24, 2.45) is 11.8 Å². The molecule has 1 aliphatic rings. The normalized spacial score (nSPS) is 18.5. The third kappa shape index (κ3) is 4.61. The molecule has 0 N–H and O–H groups in total. The van der Waals surface area contributed by atoms with Gasteiger partial charge in [0, 0.05) is 36.4 Å². The molecule has 2 atom stereocenters. The van der Waals surface area contributed by atoms with Crippen LogP contribution in [0, 0.1) is 11.8 Å². The SMILES string of the molecule is CCN(CC1CCC(C)C1)C(=O)c1cc2c(cn1)c(-c1cnn3ccccc13)nn2CC(F)(F)F. The molecule has 7 nitrogen and oxygen atoms in total. The molecule has 0 radical (unpaired) electrons. The van der Waals surface area contributed by atoms with Gasteiger partial charge in [-0.2, -0.15) is 23.4 Å². The number of hydrogen-bond acceptors (Lipinski definition) is 4. The summed E-state index contributed by atoms with van der Waals surface area (Å²) in [6, 6.07) is 6.90. The lowest BCUT2D eigenvalue weighted by Crippen LogP contribution is -2.35. The molecule has 0 aliphatic heterocycles. The van der Waals surface area contributed by atoms with Crippen LogP contribution in [0.1, 0.15) is 43.6 Å². The number of aromatic nitrogens is 5. The summed E-state index contributed by atoms with van der Waals surface area (Å²) >= 11 is 0. The lowest BCUT2D eigenvalue weighted by Gasteiger charge is -2.24. The fourth-order valence-corrected chi connectivity index (χ4v) is 5.11. The van der Waals surface area contributed by atoms with Crippen molar-refractivity contribution in [2.75, 3.05) is 13.1 Å². The molecule has 0 bridgehead atoms. The van der Waals surface area contributed by atoms with Gasteiger partial charge in [-0.25, -0.2) is 4.52 Å². The molecule has 0 saturated heterocycles. The molecule has 1 saturated carbocycles. The van der Waals surface area contributed by atoms with Crippen molar-refractivity contribution in [3.8, 4) is 11.3 Å². The third-order valence-electron chi connectivity index (χ3n) is 6.82. The zero-order chi connectivity index (χ0) is 24.7. The maximum absolute atomic E-state index is 13.4. The van der Waals surface area contributed by atoms with Gasteiger partial charge in [0.15, 0.2) is 0 Å². The first-order valence-corrected chi connectivity index (χ1v) is 11.9. The van der Waals surface area contributed by atoms with E-state index in [4.69, 9.17) is 0 Å². The molecule has 1 amide bonds. The van der Waals surface area contributed by atoms with Gasteiger partial charge in [-0.15, -0.1) is 0 Å². The van der Waals surface area contributed by atoms with Gasteiger partial charge >= 0.3 is 6.18 Å². The first kappa shape index (κ1) is 23.3. The van der Waals surface area contributed by atoms with Crippen molar-refractivity contribution in [3.05, 3.63) is 48.5 Å². The number of fused-ring (bicyclic) bond motifs is 2. The number of rotatable bonds is 6. The first-order valence-electron chi connectivity index (χ1n) is 11.9. The molecule has 5 rings (SSSR count). The molecule has 0 spiro atoms. The molecular formula is C25H27F3N6O. The van der Waals surface area contributed by atoms with Crippen molar-refractivity contribution in [2.45, 2.75) is 45.8 Å². The molecule has 4 aromatic heterocycles. The van der Waals surface area contributed by atoms with Crippen molar-refractivity contribution >= 4 is 22.3 Å². The van der Waals surface area contributed by atoms with E-state index in [0.717, 1.165) is 23.9 Å². The second-order valence-electron chi connectivity index (χ2n) is 9.42. The monoisotopic (exact) mass is 484 g/mol. The van der Waals surface area contributed by atoms with Crippen LogP contribution in [0.3, 0.4) is 0 Å². The number of carbonyl (C=O) groups excluding carboxylic acids is 1. The van der Waals surface area contributed by atoms with Crippen LogP contribution in [0.4, 0.5) is 13.2 Å². The Morgan fingerprint density at radius 3 is 2.74 bits per heavy atom. The van der Waals surface area contributed by atoms with E-state index in [2.05, 4.69) is 22.1 Å². The van der Waals surface area contributed by atoms with Gasteiger partial charge in [0.05, 0.1) is 17.2 Å². The smallest absolute Gasteiger partial charge is 0.337 e. The second kappa shape index (κ2) is 8.98. The predicted molar refractivity (Wildman–Crippen MR) is 126 cm³/mol. The minimum Gasteiger partial charge on any atom is -0.337 e. The van der Waals surface area contributed by atoms with Crippen LogP contribution in [-0.2, 0) is 6.54 Å². The lowest BCUT2D eigenvalue weighted by molar-refractivity contribution is -0.141. The number of halogens is 3. The van der Waals surface area contributed by atoms with Crippen molar-refractivity contribution in [1.29, 1.82) is 0 Å². The molecule has 0 aromatic carbocycles. The highest BCUT2D eigenvalue weighted by molar-refractivity contribution is 6.00. The number of alkyl halides is 3. The maximum Gasteiger partial charge on any atom is 0.408 e. The standard InChI is InChI=1S/C25H27F3N6O/c1-3-32(14-17-8-7-16(2)10-17)24(35)20-11-22-18(12-29-20)23(31-34(22)15-25(26,27)28)19-13-30-33-9-5-4-6-21(19)33/h4-6,9,11-13,16-17H,3,7-8,10,14-15H2,1-2H3. The van der Waals surface area contributed by atoms with E-state index in [9.17, 15) is 18.0 Å². The van der Waals surface area contributed by atoms with Gasteiger partial charge in [-0.1, -0.05) is 19.4 Å². The third-order valence-corrected chi connectivity index (χ3v) is 6.82. The van der Waals surface area contributed by atoms with Gasteiger partial charge < -0.3 is 4.90 Å². The number of hydrogen-bond donors (Lipinski definition) is 0. The van der Waals surface area contributed by atoms with Crippen LogP contribution in [0.2, 0.25) is 0 Å². The summed E-state index contributed by atoms with van der Waals surface area (Å²) in [7, 11) is 0. The van der Waals surface area contributed by atoms with Crippen LogP contribution >= 0.6 is 0 Å². The Kier molecular flexibility index (Phi) is 5.98. The molecule has 2 unspecified atom stereocenters. The molecule has 4 aromatic rings. The Morgan fingerprint density at radius 2 is 2.03 bits per heavy atom. The summed E-state index contributed by atoms with van der Waals surface area (Å²) in [5.41, 5.74) is 2.01. The number of pyridine rings is 2. The Hall–Kier alpha value is -3.43. The van der Waals surface area contributed by atoms with Gasteiger partial charge in [0.1, 0.15) is 17.9 Å². The summed E-state index contributed by atoms with van der Waals surface area (Å²) in [5.74, 6) is 0.820. The number of amides is 1. The Bertz CT molecular complexity index is 1370. The number of carbonyl (C=O) groups is 1. The van der Waals surface area contributed by atoms with Gasteiger partial charge in [0.25, 0.3) is 5.91 Å². The van der Waals surface area contributed by atoms with Crippen molar-refractivity contribution in [1.82, 2.24) is 29.3 Å². The Labute approximate surface area is 200 Å². The van der Waals surface area contributed by atoms with E-state index in [1.165, 1.54) is 12.3 Å². The quantitative estimate of drug-likeness (QED) is 0.377. The van der Waals surface area contributed by atoms with Gasteiger partial charge in [0.2, 0.25) is 0 Å². The van der Waals surface area contributed by atoms with E-state index in [1.54, 1.807) is 21.8 Å². The molecule has 1 fully saturated rings. The van der Waals surface area contributed by atoms with E-state index < -0.39 is 12.7 Å². The maximum atomic E-state index is 13.4. The van der Waals surface area contributed by atoms with Crippen LogP contribution in [0.15, 0.2) is 42.9 Å². The van der Waals surface area contributed by atoms with E-state index in [-0.39, 0.29) is 17.1 Å². The van der Waals surface area contributed by atoms with E-state index in [1.807, 2.05) is 25.1 Å². The molecule has 35 heavy (non-hydrogen) atoms.